The van der Waals surface area contributed by atoms with Crippen molar-refractivity contribution >= 4 is 5.69 Å². The number of nitrogen functional groups attached to an aromatic ring is 1. The van der Waals surface area contributed by atoms with Crippen LogP contribution in [0.5, 0.6) is 0 Å². The highest BCUT2D eigenvalue weighted by atomic mass is 19.1. The van der Waals surface area contributed by atoms with E-state index < -0.39 is 0 Å². The Morgan fingerprint density at radius 2 is 1.93 bits per heavy atom. The molecule has 1 aromatic carbocycles. The average molecular weight is 211 g/mol. The predicted octanol–water partition coefficient (Wildman–Crippen LogP) is 1.96. The van der Waals surface area contributed by atoms with Gasteiger partial charge in [-0.3, -0.25) is 11.3 Å². The Kier molecular flexibility index (Phi) is 3.31. The van der Waals surface area contributed by atoms with Crippen molar-refractivity contribution in [3.63, 3.8) is 0 Å². The van der Waals surface area contributed by atoms with Gasteiger partial charge in [0.25, 0.3) is 0 Å². The summed E-state index contributed by atoms with van der Waals surface area (Å²) in [7, 11) is 0. The van der Waals surface area contributed by atoms with Gasteiger partial charge in [-0.15, -0.1) is 0 Å². The van der Waals surface area contributed by atoms with Gasteiger partial charge in [0.1, 0.15) is 5.82 Å². The first kappa shape index (κ1) is 11.9. The summed E-state index contributed by atoms with van der Waals surface area (Å²) in [6.07, 6.45) is 0. The first-order valence-electron chi connectivity index (χ1n) is 4.87. The van der Waals surface area contributed by atoms with Crippen LogP contribution in [-0.2, 0) is 0 Å². The minimum Gasteiger partial charge on any atom is -0.398 e. The second-order valence-corrected chi connectivity index (χ2v) is 4.74. The predicted molar refractivity (Wildman–Crippen MR) is 60.3 cm³/mol. The summed E-state index contributed by atoms with van der Waals surface area (Å²) < 4.78 is 13.1. The van der Waals surface area contributed by atoms with Crippen molar-refractivity contribution in [3.8, 4) is 0 Å². The van der Waals surface area contributed by atoms with E-state index in [2.05, 4.69) is 5.43 Å². The maximum atomic E-state index is 13.1. The molecule has 0 heterocycles. The van der Waals surface area contributed by atoms with Crippen molar-refractivity contribution < 1.29 is 4.39 Å². The lowest BCUT2D eigenvalue weighted by Gasteiger charge is -2.31. The molecule has 0 bridgehead atoms. The van der Waals surface area contributed by atoms with Gasteiger partial charge in [-0.05, 0) is 29.2 Å². The highest BCUT2D eigenvalue weighted by Crippen LogP contribution is 2.35. The monoisotopic (exact) mass is 211 g/mol. The van der Waals surface area contributed by atoms with Crippen LogP contribution in [0.25, 0.3) is 0 Å². The maximum Gasteiger partial charge on any atom is 0.123 e. The van der Waals surface area contributed by atoms with Crippen molar-refractivity contribution in [1.82, 2.24) is 5.43 Å². The summed E-state index contributed by atoms with van der Waals surface area (Å²) in [5.74, 6) is 5.18. The smallest absolute Gasteiger partial charge is 0.123 e. The fourth-order valence-corrected chi connectivity index (χ4v) is 1.60. The molecule has 3 nitrogen and oxygen atoms in total. The Hall–Kier alpha value is -1.13. The largest absolute Gasteiger partial charge is 0.398 e. The van der Waals surface area contributed by atoms with Crippen LogP contribution >= 0.6 is 0 Å². The van der Waals surface area contributed by atoms with Crippen molar-refractivity contribution in [2.45, 2.75) is 26.8 Å². The molecule has 1 unspecified atom stereocenters. The Bertz CT molecular complexity index is 344. The van der Waals surface area contributed by atoms with E-state index in [0.29, 0.717) is 11.3 Å². The summed E-state index contributed by atoms with van der Waals surface area (Å²) in [6.45, 7) is 6.05. The van der Waals surface area contributed by atoms with E-state index in [0.717, 1.165) is 0 Å². The van der Waals surface area contributed by atoms with E-state index in [9.17, 15) is 4.39 Å². The molecule has 0 amide bonds. The SMILES string of the molecule is CC(C)(C)C(NN)c1cc(F)ccc1N. The summed E-state index contributed by atoms with van der Waals surface area (Å²) >= 11 is 0. The van der Waals surface area contributed by atoms with Crippen molar-refractivity contribution in [1.29, 1.82) is 0 Å². The number of anilines is 1. The molecule has 0 spiro atoms. The third kappa shape index (κ3) is 2.67. The molecule has 0 fully saturated rings. The summed E-state index contributed by atoms with van der Waals surface area (Å²) in [6, 6.07) is 4.15. The minimum atomic E-state index is -0.302. The van der Waals surface area contributed by atoms with Crippen LogP contribution in [0, 0.1) is 11.2 Å². The highest BCUT2D eigenvalue weighted by molar-refractivity contribution is 5.49. The van der Waals surface area contributed by atoms with Gasteiger partial charge in [0.15, 0.2) is 0 Å². The Balaban J connectivity index is 3.18. The summed E-state index contributed by atoms with van der Waals surface area (Å²) in [5.41, 5.74) is 9.60. The Morgan fingerprint density at radius 1 is 1.33 bits per heavy atom. The van der Waals surface area contributed by atoms with Crippen molar-refractivity contribution in [2.24, 2.45) is 11.3 Å². The number of benzene rings is 1. The zero-order valence-corrected chi connectivity index (χ0v) is 9.34. The molecule has 0 aliphatic rings. The molecule has 84 valence electrons. The average Bonchev–Trinajstić information content (AvgIpc) is 2.10. The van der Waals surface area contributed by atoms with Crippen molar-refractivity contribution in [3.05, 3.63) is 29.6 Å². The fourth-order valence-electron chi connectivity index (χ4n) is 1.60. The number of nitrogens with two attached hydrogens (primary N) is 2. The van der Waals surface area contributed by atoms with Crippen LogP contribution in [0.15, 0.2) is 18.2 Å². The van der Waals surface area contributed by atoms with Gasteiger partial charge in [0.05, 0.1) is 6.04 Å². The lowest BCUT2D eigenvalue weighted by molar-refractivity contribution is 0.276. The second-order valence-electron chi connectivity index (χ2n) is 4.74. The molecule has 4 heteroatoms. The Morgan fingerprint density at radius 3 is 2.40 bits per heavy atom. The molecule has 0 saturated heterocycles. The molecular formula is C11H18FN3. The number of rotatable bonds is 2. The minimum absolute atomic E-state index is 0.128. The topological polar surface area (TPSA) is 64.1 Å². The zero-order valence-electron chi connectivity index (χ0n) is 9.34. The third-order valence-corrected chi connectivity index (χ3v) is 2.39. The number of hydrogen-bond acceptors (Lipinski definition) is 3. The van der Waals surface area contributed by atoms with E-state index in [1.807, 2.05) is 20.8 Å². The van der Waals surface area contributed by atoms with Gasteiger partial charge >= 0.3 is 0 Å². The van der Waals surface area contributed by atoms with Crippen LogP contribution in [0.3, 0.4) is 0 Å². The van der Waals surface area contributed by atoms with Crippen LogP contribution in [-0.4, -0.2) is 0 Å². The number of nitrogens with one attached hydrogen (secondary N) is 1. The van der Waals surface area contributed by atoms with Crippen LogP contribution in [0.1, 0.15) is 32.4 Å². The quantitative estimate of drug-likeness (QED) is 0.398. The maximum absolute atomic E-state index is 13.1. The lowest BCUT2D eigenvalue weighted by atomic mass is 9.82. The van der Waals surface area contributed by atoms with Gasteiger partial charge in [0.2, 0.25) is 0 Å². The standard InChI is InChI=1S/C11H18FN3/c1-11(2,3)10(15-14)8-6-7(12)4-5-9(8)13/h4-6,10,15H,13-14H2,1-3H3. The molecule has 0 saturated carbocycles. The Labute approximate surface area is 89.6 Å². The molecule has 1 atom stereocenters. The lowest BCUT2D eigenvalue weighted by Crippen LogP contribution is -2.37. The molecular weight excluding hydrogens is 193 g/mol. The molecule has 15 heavy (non-hydrogen) atoms. The number of hydrogen-bond donors (Lipinski definition) is 3. The van der Waals surface area contributed by atoms with Crippen LogP contribution < -0.4 is 17.0 Å². The van der Waals surface area contributed by atoms with E-state index in [4.69, 9.17) is 11.6 Å². The van der Waals surface area contributed by atoms with Crippen LogP contribution in [0.2, 0.25) is 0 Å². The van der Waals surface area contributed by atoms with E-state index in [1.54, 1.807) is 6.07 Å². The molecule has 0 radical (unpaired) electrons. The van der Waals surface area contributed by atoms with Gasteiger partial charge in [-0.25, -0.2) is 4.39 Å². The molecule has 0 aliphatic carbocycles. The van der Waals surface area contributed by atoms with E-state index in [-0.39, 0.29) is 17.3 Å². The fraction of sp³-hybridized carbons (Fsp3) is 0.455. The first-order valence-corrected chi connectivity index (χ1v) is 4.87. The number of halogens is 1. The van der Waals surface area contributed by atoms with E-state index >= 15 is 0 Å². The summed E-state index contributed by atoms with van der Waals surface area (Å²) in [5, 5.41) is 0. The molecule has 0 aromatic heterocycles. The molecule has 5 N–H and O–H groups in total. The highest BCUT2D eigenvalue weighted by Gasteiger charge is 2.26. The second kappa shape index (κ2) is 4.16. The van der Waals surface area contributed by atoms with E-state index in [1.165, 1.54) is 12.1 Å². The first-order chi connectivity index (χ1) is 6.86. The van der Waals surface area contributed by atoms with Gasteiger partial charge in [0, 0.05) is 5.69 Å². The van der Waals surface area contributed by atoms with Crippen molar-refractivity contribution in [2.75, 3.05) is 5.73 Å². The normalized spacial score (nSPS) is 13.9. The molecule has 1 aromatic rings. The van der Waals surface area contributed by atoms with Gasteiger partial charge < -0.3 is 5.73 Å². The zero-order chi connectivity index (χ0) is 11.6. The molecule has 1 rings (SSSR count). The molecule has 0 aliphatic heterocycles. The van der Waals surface area contributed by atoms with Crippen LogP contribution in [0.4, 0.5) is 10.1 Å². The summed E-state index contributed by atoms with van der Waals surface area (Å²) in [4.78, 5) is 0. The third-order valence-electron chi connectivity index (χ3n) is 2.39. The van der Waals surface area contributed by atoms with Gasteiger partial charge in [-0.2, -0.15) is 0 Å². The number of hydrazine groups is 1. The van der Waals surface area contributed by atoms with Gasteiger partial charge in [-0.1, -0.05) is 20.8 Å².